The molecular formula is C22H18ClN3O4. The molecule has 152 valence electrons. The Bertz CT molecular complexity index is 1030. The number of hydrazone groups is 1. The molecule has 0 saturated heterocycles. The summed E-state index contributed by atoms with van der Waals surface area (Å²) in [5, 5.41) is 15.2. The molecule has 1 amide bonds. The Kier molecular flexibility index (Phi) is 7.13. The molecule has 3 aromatic carbocycles. The molecule has 0 spiro atoms. The largest absolute Gasteiger partial charge is 0.489 e. The van der Waals surface area contributed by atoms with Crippen LogP contribution in [0.4, 0.5) is 5.69 Å². The molecule has 0 aliphatic heterocycles. The predicted molar refractivity (Wildman–Crippen MR) is 115 cm³/mol. The van der Waals surface area contributed by atoms with E-state index in [1.165, 1.54) is 12.1 Å². The van der Waals surface area contributed by atoms with Gasteiger partial charge in [0.2, 0.25) is 5.91 Å². The van der Waals surface area contributed by atoms with Gasteiger partial charge in [-0.3, -0.25) is 14.9 Å². The Morgan fingerprint density at radius 2 is 1.63 bits per heavy atom. The van der Waals surface area contributed by atoms with Crippen molar-refractivity contribution < 1.29 is 14.5 Å². The van der Waals surface area contributed by atoms with E-state index in [4.69, 9.17) is 16.3 Å². The highest BCUT2D eigenvalue weighted by Gasteiger charge is 2.04. The van der Waals surface area contributed by atoms with Crippen LogP contribution in [0.1, 0.15) is 16.7 Å². The maximum Gasteiger partial charge on any atom is 0.269 e. The van der Waals surface area contributed by atoms with Crippen LogP contribution in [0.2, 0.25) is 5.02 Å². The average Bonchev–Trinajstić information content (AvgIpc) is 2.75. The summed E-state index contributed by atoms with van der Waals surface area (Å²) in [6.07, 6.45) is 1.75. The van der Waals surface area contributed by atoms with E-state index in [-0.39, 0.29) is 18.0 Å². The summed E-state index contributed by atoms with van der Waals surface area (Å²) < 4.78 is 5.67. The van der Waals surface area contributed by atoms with E-state index >= 15 is 0 Å². The molecule has 3 aromatic rings. The molecule has 0 aliphatic rings. The zero-order valence-electron chi connectivity index (χ0n) is 15.8. The first-order chi connectivity index (χ1) is 14.5. The fourth-order valence-electron chi connectivity index (χ4n) is 2.54. The zero-order valence-corrected chi connectivity index (χ0v) is 16.6. The third kappa shape index (κ3) is 6.42. The lowest BCUT2D eigenvalue weighted by molar-refractivity contribution is -0.384. The van der Waals surface area contributed by atoms with Crippen molar-refractivity contribution in [1.82, 2.24) is 5.43 Å². The van der Waals surface area contributed by atoms with Crippen LogP contribution in [0, 0.1) is 10.1 Å². The van der Waals surface area contributed by atoms with Gasteiger partial charge in [0.1, 0.15) is 12.4 Å². The number of nitrogens with zero attached hydrogens (tertiary/aromatic N) is 2. The van der Waals surface area contributed by atoms with Crippen LogP contribution in [0.25, 0.3) is 0 Å². The summed E-state index contributed by atoms with van der Waals surface area (Å²) >= 11 is 5.82. The number of non-ortho nitro benzene ring substituents is 1. The van der Waals surface area contributed by atoms with Gasteiger partial charge in [0.25, 0.3) is 5.69 Å². The molecule has 0 aromatic heterocycles. The lowest BCUT2D eigenvalue weighted by Crippen LogP contribution is -2.19. The number of ether oxygens (including phenoxy) is 1. The number of benzene rings is 3. The maximum absolute atomic E-state index is 11.9. The summed E-state index contributed by atoms with van der Waals surface area (Å²) in [4.78, 5) is 22.1. The molecule has 0 unspecified atom stereocenters. The van der Waals surface area contributed by atoms with E-state index in [2.05, 4.69) is 10.5 Å². The van der Waals surface area contributed by atoms with Crippen LogP contribution < -0.4 is 10.2 Å². The maximum atomic E-state index is 11.9. The second kappa shape index (κ2) is 10.2. The number of rotatable bonds is 8. The second-order valence-corrected chi connectivity index (χ2v) is 6.81. The first-order valence-corrected chi connectivity index (χ1v) is 9.40. The van der Waals surface area contributed by atoms with Crippen LogP contribution in [-0.2, 0) is 17.8 Å². The predicted octanol–water partition coefficient (Wildman–Crippen LogP) is 4.52. The number of hydrogen-bond donors (Lipinski definition) is 1. The van der Waals surface area contributed by atoms with E-state index in [1.807, 2.05) is 0 Å². The van der Waals surface area contributed by atoms with Crippen molar-refractivity contribution in [2.45, 2.75) is 13.0 Å². The standard InChI is InChI=1S/C22H18ClN3O4/c23-19-7-1-16(2-8-19)13-22(27)25-24-14-17-5-11-21(12-6-17)30-15-18-3-9-20(10-4-18)26(28)29/h1-12,14H,13,15H2,(H,25,27)/b24-14-. The van der Waals surface area contributed by atoms with E-state index in [0.29, 0.717) is 17.4 Å². The number of carbonyl (C=O) groups excluding carboxylic acids is 1. The summed E-state index contributed by atoms with van der Waals surface area (Å²) in [6, 6.07) is 20.4. The van der Waals surface area contributed by atoms with Gasteiger partial charge >= 0.3 is 0 Å². The SMILES string of the molecule is O=C(Cc1ccc(Cl)cc1)N/N=C\c1ccc(OCc2ccc([N+](=O)[O-])cc2)cc1. The lowest BCUT2D eigenvalue weighted by atomic mass is 10.1. The van der Waals surface area contributed by atoms with Crippen molar-refractivity contribution in [2.24, 2.45) is 5.10 Å². The molecule has 30 heavy (non-hydrogen) atoms. The van der Waals surface area contributed by atoms with Gasteiger partial charge in [-0.05, 0) is 65.2 Å². The molecule has 1 N–H and O–H groups in total. The van der Waals surface area contributed by atoms with Crippen molar-refractivity contribution in [2.75, 3.05) is 0 Å². The van der Waals surface area contributed by atoms with E-state index < -0.39 is 4.92 Å². The van der Waals surface area contributed by atoms with Crippen LogP contribution in [0.15, 0.2) is 77.9 Å². The third-order valence-corrected chi connectivity index (χ3v) is 4.37. The van der Waals surface area contributed by atoms with Crippen molar-refractivity contribution in [3.05, 3.63) is 105 Å². The highest BCUT2D eigenvalue weighted by molar-refractivity contribution is 6.30. The molecule has 3 rings (SSSR count). The van der Waals surface area contributed by atoms with Gasteiger partial charge in [-0.25, -0.2) is 5.43 Å². The Morgan fingerprint density at radius 1 is 1.00 bits per heavy atom. The Morgan fingerprint density at radius 3 is 2.27 bits per heavy atom. The Balaban J connectivity index is 1.46. The fourth-order valence-corrected chi connectivity index (χ4v) is 2.66. The third-order valence-electron chi connectivity index (χ3n) is 4.11. The topological polar surface area (TPSA) is 93.8 Å². The van der Waals surface area contributed by atoms with Gasteiger partial charge in [0.05, 0.1) is 17.6 Å². The summed E-state index contributed by atoms with van der Waals surface area (Å²) in [6.45, 7) is 0.298. The van der Waals surface area contributed by atoms with Crippen molar-refractivity contribution in [3.8, 4) is 5.75 Å². The van der Waals surface area contributed by atoms with Gasteiger partial charge in [-0.1, -0.05) is 23.7 Å². The van der Waals surface area contributed by atoms with Crippen LogP contribution in [0.5, 0.6) is 5.75 Å². The minimum atomic E-state index is -0.439. The van der Waals surface area contributed by atoms with Crippen LogP contribution in [0.3, 0.4) is 0 Å². The van der Waals surface area contributed by atoms with E-state index in [1.54, 1.807) is 66.9 Å². The molecule has 0 bridgehead atoms. The molecule has 0 atom stereocenters. The smallest absolute Gasteiger partial charge is 0.269 e. The monoisotopic (exact) mass is 423 g/mol. The number of halogens is 1. The van der Waals surface area contributed by atoms with Crippen LogP contribution in [-0.4, -0.2) is 17.0 Å². The molecular weight excluding hydrogens is 406 g/mol. The van der Waals surface area contributed by atoms with Gasteiger partial charge in [-0.15, -0.1) is 0 Å². The summed E-state index contributed by atoms with van der Waals surface area (Å²) in [5.41, 5.74) is 5.00. The van der Waals surface area contributed by atoms with E-state index in [9.17, 15) is 14.9 Å². The highest BCUT2D eigenvalue weighted by Crippen LogP contribution is 2.16. The number of nitrogens with one attached hydrogen (secondary N) is 1. The first kappa shape index (κ1) is 21.0. The average molecular weight is 424 g/mol. The molecule has 0 saturated carbocycles. The van der Waals surface area contributed by atoms with Gasteiger partial charge in [0, 0.05) is 17.2 Å². The number of amides is 1. The molecule has 7 nitrogen and oxygen atoms in total. The Labute approximate surface area is 178 Å². The molecule has 0 radical (unpaired) electrons. The van der Waals surface area contributed by atoms with E-state index in [0.717, 1.165) is 16.7 Å². The number of nitro benzene ring substituents is 1. The molecule has 0 fully saturated rings. The number of carbonyl (C=O) groups is 1. The lowest BCUT2D eigenvalue weighted by Gasteiger charge is -2.06. The van der Waals surface area contributed by atoms with Gasteiger partial charge < -0.3 is 4.74 Å². The van der Waals surface area contributed by atoms with Crippen LogP contribution >= 0.6 is 11.6 Å². The normalized spacial score (nSPS) is 10.7. The number of nitro groups is 1. The molecule has 0 aliphatic carbocycles. The van der Waals surface area contributed by atoms with Gasteiger partial charge in [-0.2, -0.15) is 5.10 Å². The highest BCUT2D eigenvalue weighted by atomic mass is 35.5. The molecule has 8 heteroatoms. The summed E-state index contributed by atoms with van der Waals surface area (Å²) in [5.74, 6) is 0.425. The van der Waals surface area contributed by atoms with Crippen molar-refractivity contribution in [3.63, 3.8) is 0 Å². The zero-order chi connectivity index (χ0) is 21.3. The minimum Gasteiger partial charge on any atom is -0.489 e. The van der Waals surface area contributed by atoms with Gasteiger partial charge in [0.15, 0.2) is 0 Å². The fraction of sp³-hybridized carbons (Fsp3) is 0.0909. The quantitative estimate of drug-likeness (QED) is 0.327. The number of hydrogen-bond acceptors (Lipinski definition) is 5. The molecule has 0 heterocycles. The van der Waals surface area contributed by atoms with Crippen molar-refractivity contribution in [1.29, 1.82) is 0 Å². The first-order valence-electron chi connectivity index (χ1n) is 9.02. The van der Waals surface area contributed by atoms with Crippen molar-refractivity contribution >= 4 is 29.4 Å². The minimum absolute atomic E-state index is 0.0441. The summed E-state index contributed by atoms with van der Waals surface area (Å²) in [7, 11) is 0. The second-order valence-electron chi connectivity index (χ2n) is 6.38. The Hall–Kier alpha value is -3.71.